The van der Waals surface area contributed by atoms with Gasteiger partial charge >= 0.3 is 0 Å². The largest absolute Gasteiger partial charge is 0.326 e. The molecule has 106 valence electrons. The number of rotatable bonds is 3. The van der Waals surface area contributed by atoms with Gasteiger partial charge in [0.1, 0.15) is 0 Å². The molecule has 2 rings (SSSR count). The molecule has 1 fully saturated rings. The molecule has 0 radical (unpaired) electrons. The van der Waals surface area contributed by atoms with Gasteiger partial charge in [0.25, 0.3) is 10.0 Å². The van der Waals surface area contributed by atoms with Crippen LogP contribution in [0.2, 0.25) is 0 Å². The Morgan fingerprint density at radius 2 is 2.16 bits per heavy atom. The predicted octanol–water partition coefficient (Wildman–Crippen LogP) is 1.35. The van der Waals surface area contributed by atoms with E-state index in [1.165, 1.54) is 6.20 Å². The zero-order chi connectivity index (χ0) is 14.0. The molecule has 0 saturated carbocycles. The number of sulfonamides is 1. The molecule has 0 bridgehead atoms. The van der Waals surface area contributed by atoms with Crippen molar-refractivity contribution in [3.63, 3.8) is 0 Å². The molecule has 5 nitrogen and oxygen atoms in total. The molecule has 2 atom stereocenters. The molecule has 19 heavy (non-hydrogen) atoms. The average Bonchev–Trinajstić information content (AvgIpc) is 2.38. The molecule has 0 aliphatic carbocycles. The Kier molecular flexibility index (Phi) is 4.23. The van der Waals surface area contributed by atoms with Crippen molar-refractivity contribution in [2.45, 2.75) is 44.3 Å². The van der Waals surface area contributed by atoms with Crippen molar-refractivity contribution in [2.75, 3.05) is 6.54 Å². The summed E-state index contributed by atoms with van der Waals surface area (Å²) in [7, 11) is -3.48. The summed E-state index contributed by atoms with van der Waals surface area (Å²) in [6.07, 6.45) is 3.34. The Hall–Kier alpha value is -0.980. The fraction of sp³-hybridized carbons (Fsp3) is 0.615. The van der Waals surface area contributed by atoms with E-state index in [1.54, 1.807) is 16.4 Å². The lowest BCUT2D eigenvalue weighted by Crippen LogP contribution is -2.44. The SMILES string of the molecule is CC1CCN(S(=O)(=O)c2ccc(CN)cn2)C(C)C1. The molecule has 2 unspecified atom stereocenters. The maximum Gasteiger partial charge on any atom is 0.260 e. The summed E-state index contributed by atoms with van der Waals surface area (Å²) < 4.78 is 26.6. The van der Waals surface area contributed by atoms with Crippen LogP contribution >= 0.6 is 0 Å². The van der Waals surface area contributed by atoms with Gasteiger partial charge < -0.3 is 5.73 Å². The van der Waals surface area contributed by atoms with E-state index in [9.17, 15) is 8.42 Å². The van der Waals surface area contributed by atoms with Crippen LogP contribution in [0.15, 0.2) is 23.4 Å². The molecule has 1 aromatic heterocycles. The standard InChI is InChI=1S/C13H21N3O2S/c1-10-5-6-16(11(2)7-10)19(17,18)13-4-3-12(8-14)9-15-13/h3-4,9-11H,5-8,14H2,1-2H3. The summed E-state index contributed by atoms with van der Waals surface area (Å²) >= 11 is 0. The number of hydrogen-bond acceptors (Lipinski definition) is 4. The summed E-state index contributed by atoms with van der Waals surface area (Å²) in [6, 6.07) is 3.30. The van der Waals surface area contributed by atoms with Crippen LogP contribution in [-0.4, -0.2) is 30.3 Å². The number of hydrogen-bond donors (Lipinski definition) is 1. The van der Waals surface area contributed by atoms with Gasteiger partial charge in [-0.05, 0) is 37.3 Å². The van der Waals surface area contributed by atoms with E-state index in [-0.39, 0.29) is 11.1 Å². The van der Waals surface area contributed by atoms with Crippen LogP contribution in [0.25, 0.3) is 0 Å². The Morgan fingerprint density at radius 1 is 1.42 bits per heavy atom. The van der Waals surface area contributed by atoms with Crippen molar-refractivity contribution in [2.24, 2.45) is 11.7 Å². The van der Waals surface area contributed by atoms with E-state index >= 15 is 0 Å². The first kappa shape index (κ1) is 14.4. The van der Waals surface area contributed by atoms with Crippen LogP contribution in [0.4, 0.5) is 0 Å². The number of nitrogens with zero attached hydrogens (tertiary/aromatic N) is 2. The van der Waals surface area contributed by atoms with Crippen molar-refractivity contribution in [1.29, 1.82) is 0 Å². The van der Waals surface area contributed by atoms with Gasteiger partial charge in [0.05, 0.1) is 0 Å². The lowest BCUT2D eigenvalue weighted by molar-refractivity contribution is 0.219. The molecular weight excluding hydrogens is 262 g/mol. The second-order valence-electron chi connectivity index (χ2n) is 5.30. The maximum atomic E-state index is 12.5. The van der Waals surface area contributed by atoms with E-state index < -0.39 is 10.0 Å². The monoisotopic (exact) mass is 283 g/mol. The topological polar surface area (TPSA) is 76.3 Å². The zero-order valence-corrected chi connectivity index (χ0v) is 12.2. The first-order valence-electron chi connectivity index (χ1n) is 6.62. The van der Waals surface area contributed by atoms with Gasteiger partial charge in [-0.3, -0.25) is 0 Å². The Balaban J connectivity index is 2.26. The third kappa shape index (κ3) is 2.96. The van der Waals surface area contributed by atoms with Crippen LogP contribution in [0.1, 0.15) is 32.3 Å². The van der Waals surface area contributed by atoms with E-state index in [4.69, 9.17) is 5.73 Å². The molecule has 1 aliphatic heterocycles. The molecule has 2 N–H and O–H groups in total. The average molecular weight is 283 g/mol. The van der Waals surface area contributed by atoms with E-state index in [0.717, 1.165) is 18.4 Å². The van der Waals surface area contributed by atoms with Crippen LogP contribution in [0, 0.1) is 5.92 Å². The molecule has 6 heteroatoms. The fourth-order valence-corrected chi connectivity index (χ4v) is 4.12. The minimum atomic E-state index is -3.48. The highest BCUT2D eigenvalue weighted by atomic mass is 32.2. The molecular formula is C13H21N3O2S. The first-order valence-corrected chi connectivity index (χ1v) is 8.06. The van der Waals surface area contributed by atoms with Crippen LogP contribution in [0.3, 0.4) is 0 Å². The number of piperidine rings is 1. The third-order valence-corrected chi connectivity index (χ3v) is 5.61. The van der Waals surface area contributed by atoms with Gasteiger partial charge in [0.15, 0.2) is 5.03 Å². The molecule has 2 heterocycles. The fourth-order valence-electron chi connectivity index (χ4n) is 2.55. The van der Waals surface area contributed by atoms with Crippen LogP contribution < -0.4 is 5.73 Å². The Labute approximate surface area is 114 Å². The van der Waals surface area contributed by atoms with E-state index in [0.29, 0.717) is 19.0 Å². The highest BCUT2D eigenvalue weighted by molar-refractivity contribution is 7.89. The molecule has 0 amide bonds. The van der Waals surface area contributed by atoms with Crippen molar-refractivity contribution in [1.82, 2.24) is 9.29 Å². The van der Waals surface area contributed by atoms with Crippen molar-refractivity contribution < 1.29 is 8.42 Å². The summed E-state index contributed by atoms with van der Waals surface area (Å²) in [6.45, 7) is 5.06. The first-order chi connectivity index (χ1) is 8.95. The highest BCUT2D eigenvalue weighted by Crippen LogP contribution is 2.27. The molecule has 0 aromatic carbocycles. The van der Waals surface area contributed by atoms with Gasteiger partial charge in [-0.25, -0.2) is 13.4 Å². The number of aromatic nitrogens is 1. The summed E-state index contributed by atoms with van der Waals surface area (Å²) in [5.41, 5.74) is 6.32. The second-order valence-corrected chi connectivity index (χ2v) is 7.14. The van der Waals surface area contributed by atoms with Gasteiger partial charge in [-0.15, -0.1) is 0 Å². The number of nitrogens with two attached hydrogens (primary N) is 1. The summed E-state index contributed by atoms with van der Waals surface area (Å²) in [4.78, 5) is 4.04. The van der Waals surface area contributed by atoms with Crippen molar-refractivity contribution >= 4 is 10.0 Å². The van der Waals surface area contributed by atoms with Crippen molar-refractivity contribution in [3.8, 4) is 0 Å². The lowest BCUT2D eigenvalue weighted by atomic mass is 9.95. The third-order valence-electron chi connectivity index (χ3n) is 3.68. The molecule has 1 saturated heterocycles. The number of pyridine rings is 1. The minimum Gasteiger partial charge on any atom is -0.326 e. The van der Waals surface area contributed by atoms with Gasteiger partial charge in [0, 0.05) is 25.3 Å². The van der Waals surface area contributed by atoms with Gasteiger partial charge in [0.2, 0.25) is 0 Å². The van der Waals surface area contributed by atoms with E-state index in [1.807, 2.05) is 6.92 Å². The lowest BCUT2D eigenvalue weighted by Gasteiger charge is -2.35. The Bertz CT molecular complexity index is 527. The van der Waals surface area contributed by atoms with Gasteiger partial charge in [-0.2, -0.15) is 4.31 Å². The van der Waals surface area contributed by atoms with Gasteiger partial charge in [-0.1, -0.05) is 13.0 Å². The predicted molar refractivity (Wildman–Crippen MR) is 73.9 cm³/mol. The van der Waals surface area contributed by atoms with Crippen LogP contribution in [0.5, 0.6) is 0 Å². The summed E-state index contributed by atoms with van der Waals surface area (Å²) in [5.74, 6) is 0.578. The highest BCUT2D eigenvalue weighted by Gasteiger charge is 2.33. The van der Waals surface area contributed by atoms with Crippen LogP contribution in [-0.2, 0) is 16.6 Å². The minimum absolute atomic E-state index is 0.0322. The molecule has 1 aromatic rings. The molecule has 1 aliphatic rings. The zero-order valence-electron chi connectivity index (χ0n) is 11.4. The maximum absolute atomic E-state index is 12.5. The second kappa shape index (κ2) is 5.56. The Morgan fingerprint density at radius 3 is 2.68 bits per heavy atom. The smallest absolute Gasteiger partial charge is 0.260 e. The molecule has 0 spiro atoms. The normalized spacial score (nSPS) is 25.4. The quantitative estimate of drug-likeness (QED) is 0.908. The summed E-state index contributed by atoms with van der Waals surface area (Å²) in [5, 5.41) is 0.117. The van der Waals surface area contributed by atoms with E-state index in [2.05, 4.69) is 11.9 Å². The van der Waals surface area contributed by atoms with Crippen molar-refractivity contribution in [3.05, 3.63) is 23.9 Å².